The van der Waals surface area contributed by atoms with Gasteiger partial charge in [0, 0.05) is 18.7 Å². The minimum Gasteiger partial charge on any atom is -0.395 e. The van der Waals surface area contributed by atoms with Crippen molar-refractivity contribution in [1.29, 1.82) is 0 Å². The summed E-state index contributed by atoms with van der Waals surface area (Å²) in [5.74, 6) is 1.75. The van der Waals surface area contributed by atoms with Crippen molar-refractivity contribution in [2.24, 2.45) is 0 Å². The van der Waals surface area contributed by atoms with Crippen LogP contribution in [0.4, 0.5) is 0 Å². The number of aryl methyl sites for hydroxylation is 1. The van der Waals surface area contributed by atoms with Crippen LogP contribution >= 0.6 is 0 Å². The van der Waals surface area contributed by atoms with E-state index in [1.807, 2.05) is 0 Å². The van der Waals surface area contributed by atoms with Crippen molar-refractivity contribution in [3.8, 4) is 0 Å². The Balaban J connectivity index is 2.16. The van der Waals surface area contributed by atoms with Crippen LogP contribution in [0.5, 0.6) is 0 Å². The van der Waals surface area contributed by atoms with E-state index in [1.54, 1.807) is 0 Å². The predicted octanol–water partition coefficient (Wildman–Crippen LogP) is 1.29. The van der Waals surface area contributed by atoms with Crippen molar-refractivity contribution in [2.75, 3.05) is 19.7 Å². The minimum absolute atomic E-state index is 0.194. The molecule has 1 aliphatic rings. The Morgan fingerprint density at radius 3 is 2.88 bits per heavy atom. The third-order valence-electron chi connectivity index (χ3n) is 3.41. The predicted molar refractivity (Wildman–Crippen MR) is 68.2 cm³/mol. The van der Waals surface area contributed by atoms with Gasteiger partial charge in [0.2, 0.25) is 0 Å². The number of nitrogens with zero attached hydrogens (tertiary/aromatic N) is 2. The van der Waals surface area contributed by atoms with Gasteiger partial charge in [-0.05, 0) is 32.4 Å². The molecule has 1 aromatic rings. The zero-order valence-corrected chi connectivity index (χ0v) is 10.7. The second-order valence-corrected chi connectivity index (χ2v) is 4.78. The van der Waals surface area contributed by atoms with Crippen LogP contribution in [0, 0.1) is 0 Å². The Bertz CT molecular complexity index is 342. The van der Waals surface area contributed by atoms with Gasteiger partial charge in [0.1, 0.15) is 5.82 Å². The molecule has 0 radical (unpaired) electrons. The first-order valence-electron chi connectivity index (χ1n) is 6.72. The normalized spacial score (nSPS) is 17.5. The zero-order valence-electron chi connectivity index (χ0n) is 10.7. The average Bonchev–Trinajstić information content (AvgIpc) is 2.74. The Kier molecular flexibility index (Phi) is 4.57. The van der Waals surface area contributed by atoms with E-state index in [0.717, 1.165) is 38.8 Å². The molecule has 2 rings (SSSR count). The lowest BCUT2D eigenvalue weighted by Crippen LogP contribution is -2.28. The maximum atomic E-state index is 9.12. The molecule has 2 heterocycles. The minimum atomic E-state index is 0.194. The van der Waals surface area contributed by atoms with Gasteiger partial charge in [-0.3, -0.25) is 0 Å². The van der Waals surface area contributed by atoms with Gasteiger partial charge in [-0.1, -0.05) is 13.3 Å². The van der Waals surface area contributed by atoms with E-state index in [2.05, 4.69) is 23.0 Å². The van der Waals surface area contributed by atoms with E-state index in [1.165, 1.54) is 11.5 Å². The van der Waals surface area contributed by atoms with Gasteiger partial charge in [0.25, 0.3) is 0 Å². The van der Waals surface area contributed by atoms with Crippen molar-refractivity contribution in [1.82, 2.24) is 14.9 Å². The molecule has 0 aromatic carbocycles. The summed E-state index contributed by atoms with van der Waals surface area (Å²) >= 11 is 0. The van der Waals surface area contributed by atoms with Crippen molar-refractivity contribution in [3.05, 3.63) is 17.7 Å². The number of imidazole rings is 1. The van der Waals surface area contributed by atoms with Gasteiger partial charge in [-0.15, -0.1) is 0 Å². The number of nitrogens with one attached hydrogen (secondary N) is 1. The van der Waals surface area contributed by atoms with Crippen LogP contribution in [0.15, 0.2) is 6.20 Å². The lowest BCUT2D eigenvalue weighted by Gasteiger charge is -2.22. The number of hydrogen-bond acceptors (Lipinski definition) is 3. The molecule has 4 heteroatoms. The molecule has 17 heavy (non-hydrogen) atoms. The highest BCUT2D eigenvalue weighted by Gasteiger charge is 2.20. The van der Waals surface area contributed by atoms with Crippen LogP contribution in [-0.2, 0) is 13.0 Å². The van der Waals surface area contributed by atoms with Gasteiger partial charge < -0.3 is 15.0 Å². The van der Waals surface area contributed by atoms with Crippen molar-refractivity contribution < 1.29 is 5.11 Å². The third kappa shape index (κ3) is 3.07. The number of aliphatic hydroxyl groups excluding tert-OH is 1. The Labute approximate surface area is 103 Å². The SMILES string of the molecule is CCCc1cn(CCO)c(C2CCNCC2)n1. The maximum absolute atomic E-state index is 9.12. The van der Waals surface area contributed by atoms with E-state index in [9.17, 15) is 0 Å². The highest BCUT2D eigenvalue weighted by molar-refractivity contribution is 5.10. The van der Waals surface area contributed by atoms with Crippen LogP contribution in [0.2, 0.25) is 0 Å². The Morgan fingerprint density at radius 1 is 1.47 bits per heavy atom. The molecule has 1 fully saturated rings. The van der Waals surface area contributed by atoms with Crippen LogP contribution in [-0.4, -0.2) is 34.4 Å². The fourth-order valence-electron chi connectivity index (χ4n) is 2.56. The molecular formula is C13H23N3O. The van der Waals surface area contributed by atoms with Gasteiger partial charge in [-0.2, -0.15) is 0 Å². The first-order chi connectivity index (χ1) is 8.35. The van der Waals surface area contributed by atoms with E-state index in [0.29, 0.717) is 12.5 Å². The fraction of sp³-hybridized carbons (Fsp3) is 0.769. The molecule has 1 aromatic heterocycles. The molecule has 0 saturated carbocycles. The quantitative estimate of drug-likeness (QED) is 0.811. The number of hydrogen-bond donors (Lipinski definition) is 2. The highest BCUT2D eigenvalue weighted by Crippen LogP contribution is 2.24. The molecular weight excluding hydrogens is 214 g/mol. The van der Waals surface area contributed by atoms with E-state index < -0.39 is 0 Å². The van der Waals surface area contributed by atoms with Crippen molar-refractivity contribution in [3.63, 3.8) is 0 Å². The molecule has 96 valence electrons. The van der Waals surface area contributed by atoms with Crippen LogP contribution in [0.1, 0.15) is 43.6 Å². The molecule has 4 nitrogen and oxygen atoms in total. The van der Waals surface area contributed by atoms with E-state index in [4.69, 9.17) is 10.1 Å². The molecule has 0 unspecified atom stereocenters. The average molecular weight is 237 g/mol. The molecule has 0 amide bonds. The Hall–Kier alpha value is -0.870. The number of aromatic nitrogens is 2. The first kappa shape index (κ1) is 12.6. The monoisotopic (exact) mass is 237 g/mol. The first-order valence-corrected chi connectivity index (χ1v) is 6.72. The number of piperidine rings is 1. The third-order valence-corrected chi connectivity index (χ3v) is 3.41. The van der Waals surface area contributed by atoms with Crippen LogP contribution in [0.3, 0.4) is 0 Å². The lowest BCUT2D eigenvalue weighted by atomic mass is 9.97. The molecule has 1 saturated heterocycles. The molecule has 2 N–H and O–H groups in total. The molecule has 0 atom stereocenters. The lowest BCUT2D eigenvalue weighted by molar-refractivity contribution is 0.271. The van der Waals surface area contributed by atoms with Crippen molar-refractivity contribution in [2.45, 2.75) is 45.1 Å². The maximum Gasteiger partial charge on any atom is 0.112 e. The molecule has 0 aliphatic carbocycles. The van der Waals surface area contributed by atoms with Crippen LogP contribution in [0.25, 0.3) is 0 Å². The summed E-state index contributed by atoms with van der Waals surface area (Å²) in [6.45, 7) is 5.21. The molecule has 0 bridgehead atoms. The summed E-state index contributed by atoms with van der Waals surface area (Å²) in [6.07, 6.45) is 6.61. The van der Waals surface area contributed by atoms with Gasteiger partial charge >= 0.3 is 0 Å². The molecule has 0 spiro atoms. The largest absolute Gasteiger partial charge is 0.395 e. The summed E-state index contributed by atoms with van der Waals surface area (Å²) in [4.78, 5) is 4.77. The summed E-state index contributed by atoms with van der Waals surface area (Å²) in [7, 11) is 0. The second-order valence-electron chi connectivity index (χ2n) is 4.78. The molecule has 1 aliphatic heterocycles. The highest BCUT2D eigenvalue weighted by atomic mass is 16.3. The Morgan fingerprint density at radius 2 is 2.24 bits per heavy atom. The van der Waals surface area contributed by atoms with Crippen molar-refractivity contribution >= 4 is 0 Å². The van der Waals surface area contributed by atoms with E-state index >= 15 is 0 Å². The standard InChI is InChI=1S/C13H23N3O/c1-2-3-12-10-16(8-9-17)13(15-12)11-4-6-14-7-5-11/h10-11,14,17H,2-9H2,1H3. The zero-order chi connectivity index (χ0) is 12.1. The number of rotatable bonds is 5. The van der Waals surface area contributed by atoms with Gasteiger partial charge in [0.15, 0.2) is 0 Å². The smallest absolute Gasteiger partial charge is 0.112 e. The van der Waals surface area contributed by atoms with Gasteiger partial charge in [0.05, 0.1) is 12.3 Å². The van der Waals surface area contributed by atoms with Crippen LogP contribution < -0.4 is 5.32 Å². The van der Waals surface area contributed by atoms with Gasteiger partial charge in [-0.25, -0.2) is 4.98 Å². The fourth-order valence-corrected chi connectivity index (χ4v) is 2.56. The number of aliphatic hydroxyl groups is 1. The summed E-state index contributed by atoms with van der Waals surface area (Å²) < 4.78 is 2.15. The summed E-state index contributed by atoms with van der Waals surface area (Å²) in [5.41, 5.74) is 1.18. The second kappa shape index (κ2) is 6.17. The summed E-state index contributed by atoms with van der Waals surface area (Å²) in [5, 5.41) is 12.5. The summed E-state index contributed by atoms with van der Waals surface area (Å²) in [6, 6.07) is 0. The van der Waals surface area contributed by atoms with E-state index in [-0.39, 0.29) is 6.61 Å². The topological polar surface area (TPSA) is 50.1 Å².